The minimum atomic E-state index is -0.976. The van der Waals surface area contributed by atoms with Crippen LogP contribution in [0.15, 0.2) is 40.6 Å². The normalized spacial score (nSPS) is 14.8. The Labute approximate surface area is 281 Å². The molecule has 2 aromatic carbocycles. The molecule has 0 radical (unpaired) electrons. The van der Waals surface area contributed by atoms with Gasteiger partial charge in [0.25, 0.3) is 5.69 Å². The molecular formula is C35H50N5O6P. The summed E-state index contributed by atoms with van der Waals surface area (Å²) in [6, 6.07) is 7.79. The highest BCUT2D eigenvalue weighted by Gasteiger charge is 2.35. The van der Waals surface area contributed by atoms with Crippen LogP contribution in [-0.4, -0.2) is 50.1 Å². The van der Waals surface area contributed by atoms with Crippen LogP contribution in [0.4, 0.5) is 22.7 Å². The van der Waals surface area contributed by atoms with Crippen LogP contribution in [0.2, 0.25) is 0 Å². The highest BCUT2D eigenvalue weighted by molar-refractivity contribution is 7.48. The largest absolute Gasteiger partial charge is 0.494 e. The Bertz CT molecular complexity index is 1490. The van der Waals surface area contributed by atoms with E-state index in [4.69, 9.17) is 18.5 Å². The molecule has 0 N–H and O–H groups in total. The maximum Gasteiger partial charge on any atom is 0.270 e. The fourth-order valence-corrected chi connectivity index (χ4v) is 8.21. The van der Waals surface area contributed by atoms with Crippen LogP contribution in [0.3, 0.4) is 0 Å². The number of benzene rings is 2. The minimum Gasteiger partial charge on any atom is -0.494 e. The van der Waals surface area contributed by atoms with Gasteiger partial charge >= 0.3 is 0 Å². The van der Waals surface area contributed by atoms with E-state index in [1.807, 2.05) is 19.1 Å². The molecule has 1 atom stereocenters. The molecule has 0 saturated carbocycles. The van der Waals surface area contributed by atoms with Crippen LogP contribution in [0.25, 0.3) is 5.57 Å². The van der Waals surface area contributed by atoms with Crippen molar-refractivity contribution in [3.05, 3.63) is 51.6 Å². The van der Waals surface area contributed by atoms with Crippen molar-refractivity contribution >= 4 is 36.7 Å². The summed E-state index contributed by atoms with van der Waals surface area (Å²) in [4.78, 5) is 13.0. The van der Waals surface area contributed by atoms with Gasteiger partial charge in [-0.15, -0.1) is 10.2 Å². The smallest absolute Gasteiger partial charge is 0.270 e. The molecule has 0 aromatic heterocycles. The van der Waals surface area contributed by atoms with Crippen LogP contribution in [0.5, 0.6) is 11.5 Å². The highest BCUT2D eigenvalue weighted by Crippen LogP contribution is 2.53. The molecule has 0 spiro atoms. The Morgan fingerprint density at radius 3 is 2.30 bits per heavy atom. The SMILES string of the molecule is CCCOP(OCCCCN1c2cc(OC)c(N=Nc3ccc([N+](=O)[O-])cc3C#N)c(OC)c2C(C)=CC1(C)C)C(C(C)C)C(C)C. The van der Waals surface area contributed by atoms with Crippen molar-refractivity contribution in [1.82, 2.24) is 0 Å². The molecule has 11 nitrogen and oxygen atoms in total. The summed E-state index contributed by atoms with van der Waals surface area (Å²) in [6.45, 7) is 19.7. The van der Waals surface area contributed by atoms with Crippen molar-refractivity contribution < 1.29 is 23.4 Å². The van der Waals surface area contributed by atoms with E-state index in [1.165, 1.54) is 18.2 Å². The number of nitriles is 1. The third kappa shape index (κ3) is 9.07. The molecule has 0 saturated heterocycles. The molecule has 0 bridgehead atoms. The summed E-state index contributed by atoms with van der Waals surface area (Å²) >= 11 is 0. The van der Waals surface area contributed by atoms with Gasteiger partial charge in [0.2, 0.25) is 0 Å². The van der Waals surface area contributed by atoms with Gasteiger partial charge in [-0.2, -0.15) is 5.26 Å². The zero-order valence-electron chi connectivity index (χ0n) is 29.5. The molecule has 1 unspecified atom stereocenters. The van der Waals surface area contributed by atoms with Gasteiger partial charge < -0.3 is 23.4 Å². The number of nitro groups is 1. The lowest BCUT2D eigenvalue weighted by Gasteiger charge is -2.44. The zero-order valence-corrected chi connectivity index (χ0v) is 30.4. The fourth-order valence-electron chi connectivity index (χ4n) is 6.15. The number of nitro benzene ring substituents is 1. The van der Waals surface area contributed by atoms with Crippen LogP contribution in [0.1, 0.15) is 85.8 Å². The number of nitrogens with zero attached hydrogens (tertiary/aromatic N) is 5. The number of ether oxygens (including phenoxy) is 2. The summed E-state index contributed by atoms with van der Waals surface area (Å²) in [5.74, 6) is 1.91. The first kappa shape index (κ1) is 37.9. The quantitative estimate of drug-likeness (QED) is 0.0535. The first-order chi connectivity index (χ1) is 22.3. The number of non-ortho nitro benzene ring substituents is 1. The van der Waals surface area contributed by atoms with Gasteiger partial charge in [-0.3, -0.25) is 10.1 Å². The summed E-state index contributed by atoms with van der Waals surface area (Å²) < 4.78 is 24.4. The van der Waals surface area contributed by atoms with Crippen molar-refractivity contribution in [2.24, 2.45) is 22.1 Å². The number of hydrogen-bond donors (Lipinski definition) is 0. The van der Waals surface area contributed by atoms with Crippen LogP contribution < -0.4 is 14.4 Å². The predicted octanol–water partition coefficient (Wildman–Crippen LogP) is 10.1. The first-order valence-electron chi connectivity index (χ1n) is 16.2. The lowest BCUT2D eigenvalue weighted by Crippen LogP contribution is -2.45. The van der Waals surface area contributed by atoms with Crippen LogP contribution in [0, 0.1) is 33.3 Å². The molecule has 0 amide bonds. The maximum absolute atomic E-state index is 11.2. The molecular weight excluding hydrogens is 617 g/mol. The van der Waals surface area contributed by atoms with Gasteiger partial charge in [0, 0.05) is 36.0 Å². The number of hydrogen-bond acceptors (Lipinski definition) is 10. The molecule has 2 aromatic rings. The van der Waals surface area contributed by atoms with E-state index in [0.29, 0.717) is 47.9 Å². The van der Waals surface area contributed by atoms with Crippen molar-refractivity contribution in [3.8, 4) is 17.6 Å². The number of allylic oxidation sites excluding steroid dienone is 1. The summed E-state index contributed by atoms with van der Waals surface area (Å²) in [7, 11) is 2.16. The summed E-state index contributed by atoms with van der Waals surface area (Å²) in [6.07, 6.45) is 4.98. The Balaban J connectivity index is 1.89. The van der Waals surface area contributed by atoms with Gasteiger partial charge in [-0.25, -0.2) is 0 Å². The number of fused-ring (bicyclic) bond motifs is 1. The second-order valence-corrected chi connectivity index (χ2v) is 14.6. The molecule has 47 heavy (non-hydrogen) atoms. The number of anilines is 1. The van der Waals surface area contributed by atoms with Crippen LogP contribution >= 0.6 is 8.38 Å². The molecule has 3 rings (SSSR count). The maximum atomic E-state index is 11.2. The monoisotopic (exact) mass is 667 g/mol. The van der Waals surface area contributed by atoms with Gasteiger partial charge in [-0.05, 0) is 63.5 Å². The molecule has 256 valence electrons. The molecule has 0 fully saturated rings. The summed E-state index contributed by atoms with van der Waals surface area (Å²) in [5.41, 5.74) is 3.39. The van der Waals surface area contributed by atoms with Gasteiger partial charge in [0.15, 0.2) is 25.6 Å². The lowest BCUT2D eigenvalue weighted by atomic mass is 9.87. The van der Waals surface area contributed by atoms with Crippen molar-refractivity contribution in [2.45, 2.75) is 85.9 Å². The third-order valence-electron chi connectivity index (χ3n) is 8.17. The zero-order chi connectivity index (χ0) is 34.9. The lowest BCUT2D eigenvalue weighted by molar-refractivity contribution is -0.384. The topological polar surface area (TPSA) is 132 Å². The first-order valence-corrected chi connectivity index (χ1v) is 17.5. The average molecular weight is 668 g/mol. The fraction of sp³-hybridized carbons (Fsp3) is 0.571. The van der Waals surface area contributed by atoms with Gasteiger partial charge in [-0.1, -0.05) is 40.7 Å². The Morgan fingerprint density at radius 1 is 1.04 bits per heavy atom. The molecule has 12 heteroatoms. The van der Waals surface area contributed by atoms with Crippen molar-refractivity contribution in [2.75, 3.05) is 38.9 Å². The van der Waals surface area contributed by atoms with E-state index in [1.54, 1.807) is 14.2 Å². The van der Waals surface area contributed by atoms with Gasteiger partial charge in [0.1, 0.15) is 11.8 Å². The second-order valence-electron chi connectivity index (χ2n) is 12.9. The molecule has 1 heterocycles. The van der Waals surface area contributed by atoms with E-state index in [2.05, 4.69) is 69.7 Å². The molecule has 1 aliphatic heterocycles. The predicted molar refractivity (Wildman–Crippen MR) is 188 cm³/mol. The van der Waals surface area contributed by atoms with Crippen molar-refractivity contribution in [1.29, 1.82) is 5.26 Å². The Kier molecular flexibility index (Phi) is 13.7. The minimum absolute atomic E-state index is 0.0419. The van der Waals surface area contributed by atoms with E-state index in [9.17, 15) is 15.4 Å². The molecule has 1 aliphatic rings. The second kappa shape index (κ2) is 17.0. The standard InChI is InChI=1S/C35H50N5O6P/c1-11-17-45-47(34(23(2)3)24(4)5)46-18-13-12-16-39-29-20-30(43-9)32(33(44-10)31(29)25(6)21-35(39,7)8)38-37-28-15-14-27(40(41)42)19-26(28)22-36/h14-15,19-21,23-24,34H,11-13,16-18H2,1-10H3. The van der Waals surface area contributed by atoms with E-state index in [-0.39, 0.29) is 22.5 Å². The highest BCUT2D eigenvalue weighted by atomic mass is 31.2. The van der Waals surface area contributed by atoms with E-state index < -0.39 is 13.3 Å². The number of unbranched alkanes of at least 4 members (excludes halogenated alkanes) is 1. The van der Waals surface area contributed by atoms with E-state index >= 15 is 0 Å². The number of rotatable bonds is 17. The summed E-state index contributed by atoms with van der Waals surface area (Å²) in [5, 5.41) is 29.5. The number of methoxy groups -OCH3 is 2. The van der Waals surface area contributed by atoms with E-state index in [0.717, 1.165) is 42.6 Å². The number of azo groups is 1. The third-order valence-corrected chi connectivity index (χ3v) is 10.7. The van der Waals surface area contributed by atoms with Gasteiger partial charge in [0.05, 0.1) is 49.1 Å². The van der Waals surface area contributed by atoms with Crippen molar-refractivity contribution in [3.63, 3.8) is 0 Å². The molecule has 0 aliphatic carbocycles. The Morgan fingerprint density at radius 2 is 1.72 bits per heavy atom. The van der Waals surface area contributed by atoms with Crippen LogP contribution in [-0.2, 0) is 9.05 Å². The Hall–Kier alpha value is -3.58. The average Bonchev–Trinajstić information content (AvgIpc) is 3.01.